The van der Waals surface area contributed by atoms with Gasteiger partial charge < -0.3 is 0 Å². The number of carbonyl (C=O) groups is 4. The normalized spacial score (nSPS) is 17.4. The molecule has 0 amide bonds. The van der Waals surface area contributed by atoms with Crippen LogP contribution in [0.25, 0.3) is 74.0 Å². The first-order valence-electron chi connectivity index (χ1n) is 20.4. The number of ketones is 4. The maximum absolute atomic E-state index is 14.0. The van der Waals surface area contributed by atoms with Crippen molar-refractivity contribution in [3.8, 4) is 0 Å². The van der Waals surface area contributed by atoms with Crippen molar-refractivity contribution in [2.24, 2.45) is 0 Å². The molecular formula is C54H32O4S3. The Labute approximate surface area is 361 Å². The molecule has 0 aliphatic heterocycles. The average molecular weight is 841 g/mol. The molecule has 13 rings (SSSR count). The van der Waals surface area contributed by atoms with Crippen molar-refractivity contribution in [2.45, 2.75) is 38.5 Å². The van der Waals surface area contributed by atoms with E-state index in [1.54, 1.807) is 22.7 Å². The fraction of sp³-hybridized carbons (Fsp3) is 0.111. The van der Waals surface area contributed by atoms with E-state index in [0.717, 1.165) is 54.2 Å². The molecule has 0 saturated heterocycles. The van der Waals surface area contributed by atoms with Crippen LogP contribution >= 0.6 is 34.0 Å². The predicted molar refractivity (Wildman–Crippen MR) is 253 cm³/mol. The molecule has 0 unspecified atom stereocenters. The SMILES string of the molecule is CC1(C)C(C=C2C(=O)c3cc4cc5ccccc5cc4cc3C2=O)=Cc2sc3c(sc4c5c(sc43)C=C(C=C3C(=O)c4cc6cc7ccccc7cc6cc4C3=O)C5(C)C)c21. The zero-order valence-corrected chi connectivity index (χ0v) is 35.9. The number of hydrogen-bond donors (Lipinski definition) is 0. The van der Waals surface area contributed by atoms with E-state index in [4.69, 9.17) is 0 Å². The third-order valence-corrected chi connectivity index (χ3v) is 17.6. The van der Waals surface area contributed by atoms with Gasteiger partial charge in [0.25, 0.3) is 0 Å². The molecular weight excluding hydrogens is 809 g/mol. The number of carbonyl (C=O) groups excluding carboxylic acids is 4. The summed E-state index contributed by atoms with van der Waals surface area (Å²) in [6.07, 6.45) is 8.04. The molecule has 61 heavy (non-hydrogen) atoms. The van der Waals surface area contributed by atoms with Crippen LogP contribution in [0.3, 0.4) is 0 Å². The third-order valence-electron chi connectivity index (χ3n) is 13.7. The zero-order chi connectivity index (χ0) is 41.4. The lowest BCUT2D eigenvalue weighted by molar-refractivity contribution is 0.0973. The van der Waals surface area contributed by atoms with Crippen LogP contribution in [0, 0.1) is 0 Å². The minimum absolute atomic E-state index is 0.216. The highest BCUT2D eigenvalue weighted by Gasteiger charge is 2.43. The van der Waals surface area contributed by atoms with Gasteiger partial charge in [-0.05, 0) is 138 Å². The van der Waals surface area contributed by atoms with Gasteiger partial charge in [-0.15, -0.1) is 34.0 Å². The van der Waals surface area contributed by atoms with E-state index in [1.807, 2.05) is 72.0 Å². The number of fused-ring (bicyclic) bond motifs is 13. The Morgan fingerprint density at radius 3 is 1.02 bits per heavy atom. The Kier molecular flexibility index (Phi) is 6.79. The molecule has 290 valence electrons. The van der Waals surface area contributed by atoms with Crippen molar-refractivity contribution >= 4 is 131 Å². The van der Waals surface area contributed by atoms with E-state index in [-0.39, 0.29) is 34.3 Å². The minimum Gasteiger partial charge on any atom is -0.288 e. The molecule has 3 heterocycles. The van der Waals surface area contributed by atoms with Crippen LogP contribution in [0.1, 0.15) is 90.0 Å². The van der Waals surface area contributed by atoms with Crippen LogP contribution in [0.5, 0.6) is 0 Å². The smallest absolute Gasteiger partial charge is 0.197 e. The van der Waals surface area contributed by atoms with Crippen LogP contribution in [-0.4, -0.2) is 23.1 Å². The number of rotatable bonds is 2. The van der Waals surface area contributed by atoms with Crippen molar-refractivity contribution in [3.63, 3.8) is 0 Å². The molecule has 0 N–H and O–H groups in total. The fourth-order valence-electron chi connectivity index (χ4n) is 10.3. The highest BCUT2D eigenvalue weighted by Crippen LogP contribution is 2.59. The largest absolute Gasteiger partial charge is 0.288 e. The Bertz CT molecular complexity index is 3430. The van der Waals surface area contributed by atoms with Crippen molar-refractivity contribution in [2.75, 3.05) is 0 Å². The lowest BCUT2D eigenvalue weighted by Gasteiger charge is -2.23. The summed E-state index contributed by atoms with van der Waals surface area (Å²) in [6.45, 7) is 8.77. The molecule has 0 fully saturated rings. The molecule has 0 saturated carbocycles. The van der Waals surface area contributed by atoms with Gasteiger partial charge in [-0.1, -0.05) is 76.2 Å². The predicted octanol–water partition coefficient (Wildman–Crippen LogP) is 14.2. The van der Waals surface area contributed by atoms with Crippen LogP contribution in [0.2, 0.25) is 0 Å². The maximum atomic E-state index is 14.0. The molecule has 4 aliphatic carbocycles. The molecule has 9 aromatic rings. The van der Waals surface area contributed by atoms with Gasteiger partial charge in [-0.3, -0.25) is 19.2 Å². The average Bonchev–Trinajstić information content (AvgIpc) is 4.06. The van der Waals surface area contributed by atoms with Crippen LogP contribution in [0.15, 0.2) is 132 Å². The summed E-state index contributed by atoms with van der Waals surface area (Å²) in [4.78, 5) is 58.1. The molecule has 0 bridgehead atoms. The first kappa shape index (κ1) is 35.4. The van der Waals surface area contributed by atoms with Crippen molar-refractivity contribution in [3.05, 3.63) is 175 Å². The monoisotopic (exact) mass is 840 g/mol. The van der Waals surface area contributed by atoms with Gasteiger partial charge in [0, 0.05) is 42.8 Å². The summed E-state index contributed by atoms with van der Waals surface area (Å²) in [6, 6.07) is 32.2. The summed E-state index contributed by atoms with van der Waals surface area (Å²) in [5.41, 5.74) is 5.86. The van der Waals surface area contributed by atoms with E-state index in [1.165, 1.54) is 39.7 Å². The minimum atomic E-state index is -0.437. The van der Waals surface area contributed by atoms with Gasteiger partial charge >= 0.3 is 0 Å². The highest BCUT2D eigenvalue weighted by molar-refractivity contribution is 7.39. The van der Waals surface area contributed by atoms with Crippen LogP contribution < -0.4 is 0 Å². The zero-order valence-electron chi connectivity index (χ0n) is 33.4. The summed E-state index contributed by atoms with van der Waals surface area (Å²) in [5, 5.41) is 8.19. The van der Waals surface area contributed by atoms with E-state index in [9.17, 15) is 19.2 Å². The molecule has 7 heteroatoms. The van der Waals surface area contributed by atoms with E-state index >= 15 is 0 Å². The summed E-state index contributed by atoms with van der Waals surface area (Å²) in [7, 11) is 0. The maximum Gasteiger partial charge on any atom is 0.197 e. The molecule has 6 aromatic carbocycles. The van der Waals surface area contributed by atoms with Gasteiger partial charge in [-0.2, -0.15) is 0 Å². The number of Topliss-reactive ketones (excluding diaryl/α,β-unsaturated/α-hetero) is 4. The lowest BCUT2D eigenvalue weighted by Crippen LogP contribution is -2.17. The first-order chi connectivity index (χ1) is 29.3. The van der Waals surface area contributed by atoms with Crippen molar-refractivity contribution in [1.82, 2.24) is 0 Å². The van der Waals surface area contributed by atoms with Gasteiger partial charge in [0.15, 0.2) is 23.1 Å². The number of thiophene rings is 3. The summed E-state index contributed by atoms with van der Waals surface area (Å²) < 4.78 is 5.01. The standard InChI is InChI=1S/C54H32O4S3/c1-53(2)33(21-39-45(55)35-17-29-13-25-9-5-6-10-26(25)14-30(29)18-36(35)46(39)56)23-41-43(53)49-51(59-41)52-50(61-49)44-42(60-52)24-34(54(44,3)4)22-40-47(57)37-19-31-15-27-11-7-8-12-28(27)16-32(31)20-38(37)48(40)58/h5-24H,1-4H3. The highest BCUT2D eigenvalue weighted by atomic mass is 32.1. The second-order valence-electron chi connectivity index (χ2n) is 17.9. The second-order valence-corrected chi connectivity index (χ2v) is 21.0. The Balaban J connectivity index is 0.843. The Morgan fingerprint density at radius 1 is 0.393 bits per heavy atom. The van der Waals surface area contributed by atoms with Gasteiger partial charge in [0.1, 0.15) is 0 Å². The van der Waals surface area contributed by atoms with E-state index in [2.05, 4.69) is 88.4 Å². The van der Waals surface area contributed by atoms with Gasteiger partial charge in [-0.25, -0.2) is 0 Å². The number of allylic oxidation sites excluding steroid dienone is 6. The topological polar surface area (TPSA) is 68.3 Å². The molecule has 3 aromatic heterocycles. The van der Waals surface area contributed by atoms with E-state index in [0.29, 0.717) is 22.3 Å². The summed E-state index contributed by atoms with van der Waals surface area (Å²) in [5.74, 6) is -0.863. The molecule has 0 spiro atoms. The Morgan fingerprint density at radius 2 is 0.705 bits per heavy atom. The second kappa shape index (κ2) is 11.7. The molecule has 0 atom stereocenters. The van der Waals surface area contributed by atoms with Crippen LogP contribution in [-0.2, 0) is 10.8 Å². The summed E-state index contributed by atoms with van der Waals surface area (Å²) >= 11 is 5.37. The fourth-order valence-corrected chi connectivity index (χ4v) is 15.4. The first-order valence-corrected chi connectivity index (χ1v) is 22.8. The van der Waals surface area contributed by atoms with Crippen LogP contribution in [0.4, 0.5) is 0 Å². The number of hydrogen-bond acceptors (Lipinski definition) is 7. The number of benzene rings is 6. The quantitative estimate of drug-likeness (QED) is 0.0988. The van der Waals surface area contributed by atoms with Gasteiger partial charge in [0.2, 0.25) is 0 Å². The molecule has 4 aliphatic rings. The van der Waals surface area contributed by atoms with Crippen molar-refractivity contribution < 1.29 is 19.2 Å². The third kappa shape index (κ3) is 4.63. The lowest BCUT2D eigenvalue weighted by atomic mass is 9.81. The molecule has 0 radical (unpaired) electrons. The Hall–Kier alpha value is -6.38. The van der Waals surface area contributed by atoms with E-state index < -0.39 is 10.8 Å². The van der Waals surface area contributed by atoms with Crippen molar-refractivity contribution in [1.29, 1.82) is 0 Å². The van der Waals surface area contributed by atoms with Gasteiger partial charge in [0.05, 0.1) is 29.9 Å². The molecule has 4 nitrogen and oxygen atoms in total.